The van der Waals surface area contributed by atoms with E-state index in [1.165, 1.54) is 11.3 Å². The molecule has 2 aromatic rings. The maximum absolute atomic E-state index is 5.88. The summed E-state index contributed by atoms with van der Waals surface area (Å²) in [5.41, 5.74) is 5.55. The summed E-state index contributed by atoms with van der Waals surface area (Å²) in [6, 6.07) is 5.71. The summed E-state index contributed by atoms with van der Waals surface area (Å²) < 4.78 is 0.752. The zero-order chi connectivity index (χ0) is 13.1. The van der Waals surface area contributed by atoms with Gasteiger partial charge in [-0.3, -0.25) is 0 Å². The van der Waals surface area contributed by atoms with Gasteiger partial charge in [-0.25, -0.2) is 15.4 Å². The highest BCUT2D eigenvalue weighted by atomic mass is 35.5. The van der Waals surface area contributed by atoms with Crippen LogP contribution in [0, 0.1) is 13.8 Å². The van der Waals surface area contributed by atoms with Crippen LogP contribution in [0.5, 0.6) is 0 Å². The minimum Gasteiger partial charge on any atom is -0.245 e. The van der Waals surface area contributed by atoms with E-state index in [1.54, 1.807) is 0 Å². The molecule has 4 nitrogen and oxygen atoms in total. The average Bonchev–Trinajstić information content (AvgIpc) is 2.71. The molecule has 18 heavy (non-hydrogen) atoms. The van der Waals surface area contributed by atoms with Crippen molar-refractivity contribution in [2.75, 3.05) is 5.43 Å². The van der Waals surface area contributed by atoms with Gasteiger partial charge in [-0.1, -0.05) is 11.6 Å². The monoisotopic (exact) mass is 280 g/mol. The summed E-state index contributed by atoms with van der Waals surface area (Å²) in [5, 5.41) is 4.25. The molecule has 0 aromatic carbocycles. The highest BCUT2D eigenvalue weighted by Crippen LogP contribution is 2.22. The van der Waals surface area contributed by atoms with Crippen LogP contribution >= 0.6 is 22.9 Å². The van der Waals surface area contributed by atoms with Crippen molar-refractivity contribution in [1.82, 2.24) is 9.97 Å². The van der Waals surface area contributed by atoms with Crippen molar-refractivity contribution in [1.29, 1.82) is 0 Å². The van der Waals surface area contributed by atoms with Crippen molar-refractivity contribution in [2.24, 2.45) is 5.10 Å². The molecule has 2 rings (SSSR count). The predicted molar refractivity (Wildman–Crippen MR) is 76.7 cm³/mol. The van der Waals surface area contributed by atoms with Crippen LogP contribution in [0.3, 0.4) is 0 Å². The minimum absolute atomic E-state index is 0.509. The third-order valence-electron chi connectivity index (χ3n) is 2.24. The van der Waals surface area contributed by atoms with Crippen molar-refractivity contribution in [3.8, 4) is 0 Å². The molecule has 0 saturated carbocycles. The van der Waals surface area contributed by atoms with Gasteiger partial charge in [0.1, 0.15) is 0 Å². The molecule has 1 N–H and O–H groups in total. The number of nitrogens with one attached hydrogen (secondary N) is 1. The number of aromatic nitrogens is 2. The maximum Gasteiger partial charge on any atom is 0.243 e. The van der Waals surface area contributed by atoms with Gasteiger partial charge < -0.3 is 0 Å². The smallest absolute Gasteiger partial charge is 0.243 e. The SMILES string of the molecule is CC(=NNc1nc(C)cc(C)n1)c1ccc(Cl)s1. The number of hydrogen-bond acceptors (Lipinski definition) is 5. The van der Waals surface area contributed by atoms with Crippen LogP contribution in [0.15, 0.2) is 23.3 Å². The Morgan fingerprint density at radius 2 is 1.94 bits per heavy atom. The van der Waals surface area contributed by atoms with Crippen molar-refractivity contribution < 1.29 is 0 Å². The van der Waals surface area contributed by atoms with E-state index in [0.717, 1.165) is 26.3 Å². The summed E-state index contributed by atoms with van der Waals surface area (Å²) in [7, 11) is 0. The zero-order valence-corrected chi connectivity index (χ0v) is 11.9. The second-order valence-corrected chi connectivity index (χ2v) is 5.60. The molecule has 0 saturated heterocycles. The Morgan fingerprint density at radius 3 is 2.50 bits per heavy atom. The summed E-state index contributed by atoms with van der Waals surface area (Å²) in [6.07, 6.45) is 0. The molecule has 0 fully saturated rings. The van der Waals surface area contributed by atoms with Gasteiger partial charge in [-0.05, 0) is 39.0 Å². The highest BCUT2D eigenvalue weighted by molar-refractivity contribution is 7.18. The first-order chi connectivity index (χ1) is 8.54. The van der Waals surface area contributed by atoms with Crippen molar-refractivity contribution in [3.63, 3.8) is 0 Å². The molecule has 2 heterocycles. The molecule has 0 aliphatic rings. The Hall–Kier alpha value is -1.46. The minimum atomic E-state index is 0.509. The standard InChI is InChI=1S/C12H13ClN4S/c1-7-6-8(2)15-12(14-7)17-16-9(3)10-4-5-11(13)18-10/h4-6H,1-3H3,(H,14,15,17). The van der Waals surface area contributed by atoms with Crippen molar-refractivity contribution >= 4 is 34.6 Å². The number of halogens is 1. The molecule has 0 amide bonds. The lowest BCUT2D eigenvalue weighted by Gasteiger charge is -2.02. The molecule has 0 unspecified atom stereocenters. The van der Waals surface area contributed by atoms with E-state index >= 15 is 0 Å². The summed E-state index contributed by atoms with van der Waals surface area (Å²) in [4.78, 5) is 9.53. The first-order valence-corrected chi connectivity index (χ1v) is 6.62. The third kappa shape index (κ3) is 3.27. The van der Waals surface area contributed by atoms with E-state index in [1.807, 2.05) is 39.0 Å². The van der Waals surface area contributed by atoms with Crippen molar-refractivity contribution in [3.05, 3.63) is 38.8 Å². The van der Waals surface area contributed by atoms with Crippen molar-refractivity contribution in [2.45, 2.75) is 20.8 Å². The van der Waals surface area contributed by atoms with Gasteiger partial charge >= 0.3 is 0 Å². The number of aryl methyl sites for hydroxylation is 2. The van der Waals surface area contributed by atoms with E-state index in [4.69, 9.17) is 11.6 Å². The summed E-state index contributed by atoms with van der Waals surface area (Å²) in [6.45, 7) is 5.77. The second-order valence-electron chi connectivity index (χ2n) is 3.89. The molecule has 94 valence electrons. The Labute approximate surface area is 115 Å². The average molecular weight is 281 g/mol. The molecule has 2 aromatic heterocycles. The lowest BCUT2D eigenvalue weighted by atomic mass is 10.3. The lowest BCUT2D eigenvalue weighted by Crippen LogP contribution is -2.02. The Balaban J connectivity index is 2.14. The van der Waals surface area contributed by atoms with Crippen LogP contribution in [0.25, 0.3) is 0 Å². The van der Waals surface area contributed by atoms with E-state index in [2.05, 4.69) is 20.5 Å². The third-order valence-corrected chi connectivity index (χ3v) is 3.58. The van der Waals surface area contributed by atoms with Gasteiger partial charge in [-0.2, -0.15) is 5.10 Å². The van der Waals surface area contributed by atoms with E-state index < -0.39 is 0 Å². The van der Waals surface area contributed by atoms with Crippen LogP contribution in [-0.4, -0.2) is 15.7 Å². The normalized spacial score (nSPS) is 11.7. The molecule has 0 radical (unpaired) electrons. The number of anilines is 1. The Kier molecular flexibility index (Phi) is 3.93. The van der Waals surface area contributed by atoms with E-state index in [9.17, 15) is 0 Å². The lowest BCUT2D eigenvalue weighted by molar-refractivity contribution is 1.03. The quantitative estimate of drug-likeness (QED) is 0.690. The van der Waals surface area contributed by atoms with Gasteiger partial charge in [0.2, 0.25) is 5.95 Å². The topological polar surface area (TPSA) is 50.2 Å². The molecular formula is C12H13ClN4S. The molecular weight excluding hydrogens is 268 g/mol. The molecule has 0 atom stereocenters. The van der Waals surface area contributed by atoms with E-state index in [-0.39, 0.29) is 0 Å². The number of thiophene rings is 1. The number of rotatable bonds is 3. The number of hydrogen-bond donors (Lipinski definition) is 1. The molecule has 0 aliphatic heterocycles. The van der Waals surface area contributed by atoms with Gasteiger partial charge in [0, 0.05) is 11.4 Å². The molecule has 6 heteroatoms. The van der Waals surface area contributed by atoms with E-state index in [0.29, 0.717) is 5.95 Å². The zero-order valence-electron chi connectivity index (χ0n) is 10.4. The molecule has 0 spiro atoms. The molecule has 0 aliphatic carbocycles. The van der Waals surface area contributed by atoms with Crippen LogP contribution in [-0.2, 0) is 0 Å². The molecule has 0 bridgehead atoms. The first kappa shape index (κ1) is 13.0. The fraction of sp³-hybridized carbons (Fsp3) is 0.250. The number of hydrazone groups is 1. The summed E-state index contributed by atoms with van der Waals surface area (Å²) >= 11 is 7.37. The predicted octanol–water partition coefficient (Wildman–Crippen LogP) is 3.64. The Morgan fingerprint density at radius 1 is 1.28 bits per heavy atom. The van der Waals surface area contributed by atoms with Crippen LogP contribution in [0.2, 0.25) is 4.34 Å². The first-order valence-electron chi connectivity index (χ1n) is 5.43. The van der Waals surface area contributed by atoms with Crippen LogP contribution in [0.4, 0.5) is 5.95 Å². The van der Waals surface area contributed by atoms with Gasteiger partial charge in [-0.15, -0.1) is 11.3 Å². The highest BCUT2D eigenvalue weighted by Gasteiger charge is 2.02. The van der Waals surface area contributed by atoms with Gasteiger partial charge in [0.05, 0.1) is 14.9 Å². The fourth-order valence-corrected chi connectivity index (χ4v) is 2.46. The Bertz CT molecular complexity index is 571. The van der Waals surface area contributed by atoms with Crippen LogP contribution < -0.4 is 5.43 Å². The largest absolute Gasteiger partial charge is 0.245 e. The second kappa shape index (κ2) is 5.46. The van der Waals surface area contributed by atoms with Gasteiger partial charge in [0.15, 0.2) is 0 Å². The fourth-order valence-electron chi connectivity index (χ4n) is 1.47. The summed E-state index contributed by atoms with van der Waals surface area (Å²) in [5.74, 6) is 0.509. The van der Waals surface area contributed by atoms with Crippen LogP contribution in [0.1, 0.15) is 23.2 Å². The van der Waals surface area contributed by atoms with Gasteiger partial charge in [0.25, 0.3) is 0 Å². The number of nitrogens with zero attached hydrogens (tertiary/aromatic N) is 3. The maximum atomic E-state index is 5.88.